The minimum atomic E-state index is -0.962. The Balaban J connectivity index is 1.96. The number of nitrogens with one attached hydrogen (secondary N) is 3. The summed E-state index contributed by atoms with van der Waals surface area (Å²) in [7, 11) is 0. The van der Waals surface area contributed by atoms with E-state index in [1.165, 1.54) is 25.6 Å². The molecule has 0 saturated heterocycles. The fourth-order valence-electron chi connectivity index (χ4n) is 3.12. The predicted octanol–water partition coefficient (Wildman–Crippen LogP) is 3.57. The molecule has 2 aromatic rings. The standard InChI is InChI=1S/C28H37N3O6S/c1-19(30-27(35)36-16-21-12-8-6-9-13-21)24(32)31-23(18-38-17-22-14-10-7-11-15-22)25(33)29-20(2)26(34)37-28(3,4)5/h6-15,19-20,23H,16-18H2,1-5H3,(H,29,33)(H,30,35)(H,31,32)/t19-,20+,23+/m1/s1. The Kier molecular flexibility index (Phi) is 12.1. The summed E-state index contributed by atoms with van der Waals surface area (Å²) < 4.78 is 10.5. The molecule has 0 aromatic heterocycles. The monoisotopic (exact) mass is 543 g/mol. The molecule has 0 unspecified atom stereocenters. The van der Waals surface area contributed by atoms with Gasteiger partial charge in [-0.15, -0.1) is 0 Å². The van der Waals surface area contributed by atoms with Crippen molar-refractivity contribution < 1.29 is 28.7 Å². The molecule has 0 aliphatic carbocycles. The number of benzene rings is 2. The summed E-state index contributed by atoms with van der Waals surface area (Å²) >= 11 is 1.46. The number of esters is 1. The van der Waals surface area contributed by atoms with E-state index in [0.717, 1.165) is 11.1 Å². The largest absolute Gasteiger partial charge is 0.458 e. The molecule has 0 aliphatic rings. The van der Waals surface area contributed by atoms with Crippen LogP contribution in [-0.2, 0) is 36.2 Å². The molecule has 0 spiro atoms. The molecular weight excluding hydrogens is 506 g/mol. The van der Waals surface area contributed by atoms with Crippen LogP contribution in [-0.4, -0.2) is 53.4 Å². The number of hydrogen-bond acceptors (Lipinski definition) is 7. The van der Waals surface area contributed by atoms with Crippen LogP contribution in [0.4, 0.5) is 4.79 Å². The lowest BCUT2D eigenvalue weighted by Gasteiger charge is -2.25. The van der Waals surface area contributed by atoms with E-state index in [4.69, 9.17) is 9.47 Å². The molecule has 206 valence electrons. The van der Waals surface area contributed by atoms with Crippen LogP contribution in [0.25, 0.3) is 0 Å². The lowest BCUT2D eigenvalue weighted by Crippen LogP contribution is -2.56. The number of thioether (sulfide) groups is 1. The molecule has 2 rings (SSSR count). The molecular formula is C28H37N3O6S. The van der Waals surface area contributed by atoms with Crippen LogP contribution in [0.5, 0.6) is 0 Å². The SMILES string of the molecule is C[C@H](NC(=O)[C@H](CSCc1ccccc1)NC(=O)[C@@H](C)NC(=O)OCc1ccccc1)C(=O)OC(C)(C)C. The highest BCUT2D eigenvalue weighted by Gasteiger charge is 2.29. The molecule has 0 saturated carbocycles. The number of hydrogen-bond donors (Lipinski definition) is 3. The van der Waals surface area contributed by atoms with Crippen molar-refractivity contribution in [3.05, 3.63) is 71.8 Å². The number of carbonyl (C=O) groups is 4. The summed E-state index contributed by atoms with van der Waals surface area (Å²) in [6.45, 7) is 8.29. The second-order valence-electron chi connectivity index (χ2n) is 9.75. The lowest BCUT2D eigenvalue weighted by atomic mass is 10.2. The highest BCUT2D eigenvalue weighted by molar-refractivity contribution is 7.98. The first kappa shape index (κ1) is 30.7. The number of amides is 3. The normalized spacial score (nSPS) is 13.4. The van der Waals surface area contributed by atoms with Crippen molar-refractivity contribution in [1.29, 1.82) is 0 Å². The molecule has 3 atom stereocenters. The average Bonchev–Trinajstić information content (AvgIpc) is 2.86. The van der Waals surface area contributed by atoms with Crippen molar-refractivity contribution in [3.8, 4) is 0 Å². The van der Waals surface area contributed by atoms with Gasteiger partial charge in [-0.1, -0.05) is 60.7 Å². The van der Waals surface area contributed by atoms with Gasteiger partial charge in [0.1, 0.15) is 30.3 Å². The van der Waals surface area contributed by atoms with Crippen molar-refractivity contribution in [3.63, 3.8) is 0 Å². The van der Waals surface area contributed by atoms with Crippen molar-refractivity contribution in [1.82, 2.24) is 16.0 Å². The summed E-state index contributed by atoms with van der Waals surface area (Å²) in [5, 5.41) is 7.78. The van der Waals surface area contributed by atoms with Gasteiger partial charge < -0.3 is 25.4 Å². The van der Waals surface area contributed by atoms with Gasteiger partial charge in [0.2, 0.25) is 11.8 Å². The maximum Gasteiger partial charge on any atom is 0.408 e. The van der Waals surface area contributed by atoms with Gasteiger partial charge in [-0.05, 0) is 45.7 Å². The highest BCUT2D eigenvalue weighted by Crippen LogP contribution is 2.14. The molecule has 0 aliphatic heterocycles. The van der Waals surface area contributed by atoms with Crippen LogP contribution < -0.4 is 16.0 Å². The third-order valence-corrected chi connectivity index (χ3v) is 6.20. The Bertz CT molecular complexity index is 1060. The molecule has 0 heterocycles. The molecule has 0 radical (unpaired) electrons. The third-order valence-electron chi connectivity index (χ3n) is 5.09. The van der Waals surface area contributed by atoms with Crippen LogP contribution >= 0.6 is 11.8 Å². The van der Waals surface area contributed by atoms with Gasteiger partial charge in [0.25, 0.3) is 0 Å². The Morgan fingerprint density at radius 1 is 0.789 bits per heavy atom. The number of ether oxygens (including phenoxy) is 2. The zero-order valence-electron chi connectivity index (χ0n) is 22.5. The minimum absolute atomic E-state index is 0.0602. The number of carbonyl (C=O) groups excluding carboxylic acids is 4. The molecule has 9 nitrogen and oxygen atoms in total. The van der Waals surface area contributed by atoms with Crippen LogP contribution in [0.1, 0.15) is 45.7 Å². The summed E-state index contributed by atoms with van der Waals surface area (Å²) in [5.74, 6) is -0.798. The summed E-state index contributed by atoms with van der Waals surface area (Å²) in [6.07, 6.45) is -0.755. The molecule has 3 amide bonds. The van der Waals surface area contributed by atoms with Crippen LogP contribution in [0.15, 0.2) is 60.7 Å². The fraction of sp³-hybridized carbons (Fsp3) is 0.429. The van der Waals surface area contributed by atoms with E-state index >= 15 is 0 Å². The predicted molar refractivity (Wildman–Crippen MR) is 147 cm³/mol. The Morgan fingerprint density at radius 2 is 1.37 bits per heavy atom. The maximum absolute atomic E-state index is 13.0. The average molecular weight is 544 g/mol. The topological polar surface area (TPSA) is 123 Å². The van der Waals surface area contributed by atoms with Gasteiger partial charge >= 0.3 is 12.1 Å². The van der Waals surface area contributed by atoms with E-state index in [1.807, 2.05) is 60.7 Å². The zero-order chi connectivity index (χ0) is 28.1. The number of rotatable bonds is 12. The smallest absolute Gasteiger partial charge is 0.408 e. The second kappa shape index (κ2) is 15.0. The Morgan fingerprint density at radius 3 is 1.95 bits per heavy atom. The molecule has 10 heteroatoms. The third kappa shape index (κ3) is 11.7. The maximum atomic E-state index is 13.0. The summed E-state index contributed by atoms with van der Waals surface area (Å²) in [6, 6.07) is 16.0. The quantitative estimate of drug-likeness (QED) is 0.350. The van der Waals surface area contributed by atoms with Gasteiger partial charge in [0.15, 0.2) is 0 Å². The lowest BCUT2D eigenvalue weighted by molar-refractivity contribution is -0.158. The molecule has 38 heavy (non-hydrogen) atoms. The molecule has 0 bridgehead atoms. The van der Waals surface area contributed by atoms with Gasteiger partial charge in [-0.3, -0.25) is 9.59 Å². The summed E-state index contributed by atoms with van der Waals surface area (Å²) in [5.41, 5.74) is 1.18. The summed E-state index contributed by atoms with van der Waals surface area (Å²) in [4.78, 5) is 50.4. The Labute approximate surface area is 228 Å². The van der Waals surface area contributed by atoms with Crippen molar-refractivity contribution in [2.24, 2.45) is 0 Å². The number of alkyl carbamates (subject to hydrolysis) is 1. The van der Waals surface area contributed by atoms with E-state index in [1.54, 1.807) is 20.8 Å². The van der Waals surface area contributed by atoms with Crippen molar-refractivity contribution >= 4 is 35.6 Å². The van der Waals surface area contributed by atoms with Gasteiger partial charge in [0.05, 0.1) is 0 Å². The Hall–Kier alpha value is -3.53. The van der Waals surface area contributed by atoms with Crippen LogP contribution in [0.2, 0.25) is 0 Å². The van der Waals surface area contributed by atoms with Gasteiger partial charge in [-0.2, -0.15) is 11.8 Å². The first-order valence-corrected chi connectivity index (χ1v) is 13.5. The zero-order valence-corrected chi connectivity index (χ0v) is 23.3. The molecule has 3 N–H and O–H groups in total. The first-order chi connectivity index (χ1) is 17.9. The first-order valence-electron chi connectivity index (χ1n) is 12.4. The minimum Gasteiger partial charge on any atom is -0.458 e. The van der Waals surface area contributed by atoms with Crippen molar-refractivity contribution in [2.45, 2.75) is 70.7 Å². The van der Waals surface area contributed by atoms with Crippen LogP contribution in [0, 0.1) is 0 Å². The molecule has 0 fully saturated rings. The second-order valence-corrected chi connectivity index (χ2v) is 10.8. The van der Waals surface area contributed by atoms with Gasteiger partial charge in [0, 0.05) is 11.5 Å². The molecule has 2 aromatic carbocycles. The van der Waals surface area contributed by atoms with Crippen molar-refractivity contribution in [2.75, 3.05) is 5.75 Å². The van der Waals surface area contributed by atoms with E-state index in [0.29, 0.717) is 5.75 Å². The highest BCUT2D eigenvalue weighted by atomic mass is 32.2. The van der Waals surface area contributed by atoms with E-state index < -0.39 is 47.6 Å². The van der Waals surface area contributed by atoms with Crippen LogP contribution in [0.3, 0.4) is 0 Å². The van der Waals surface area contributed by atoms with E-state index in [2.05, 4.69) is 16.0 Å². The fourth-order valence-corrected chi connectivity index (χ4v) is 4.14. The van der Waals surface area contributed by atoms with E-state index in [9.17, 15) is 19.2 Å². The van der Waals surface area contributed by atoms with Gasteiger partial charge in [-0.25, -0.2) is 9.59 Å². The van der Waals surface area contributed by atoms with E-state index in [-0.39, 0.29) is 12.4 Å².